The number of rotatable bonds is 9. The van der Waals surface area contributed by atoms with E-state index >= 15 is 0 Å². The van der Waals surface area contributed by atoms with Crippen LogP contribution in [0.3, 0.4) is 0 Å². The minimum absolute atomic E-state index is 0.0219. The molecule has 0 amide bonds. The molecule has 5 aliphatic carbocycles. The molecule has 3 aliphatic heterocycles. The molecule has 3 heterocycles. The summed E-state index contributed by atoms with van der Waals surface area (Å²) >= 11 is 0. The van der Waals surface area contributed by atoms with Gasteiger partial charge in [-0.1, -0.05) is 53.2 Å². The Morgan fingerprint density at radius 3 is 2.16 bits per heavy atom. The van der Waals surface area contributed by atoms with E-state index < -0.39 is 117 Å². The van der Waals surface area contributed by atoms with Gasteiger partial charge in [0.15, 0.2) is 18.9 Å². The molecule has 366 valence electrons. The molecular weight excluding hydrogens is 837 g/mol. The molecule has 10 N–H and O–H groups in total. The van der Waals surface area contributed by atoms with E-state index in [1.54, 1.807) is 0 Å². The summed E-state index contributed by atoms with van der Waals surface area (Å²) < 4.78 is 35.6. The molecule has 0 aromatic rings. The number of aliphatic hydroxyl groups is 9. The van der Waals surface area contributed by atoms with Crippen LogP contribution in [0.25, 0.3) is 0 Å². The van der Waals surface area contributed by atoms with E-state index in [4.69, 9.17) is 28.4 Å². The second-order valence-corrected chi connectivity index (χ2v) is 22.7. The Morgan fingerprint density at radius 1 is 0.766 bits per heavy atom. The summed E-state index contributed by atoms with van der Waals surface area (Å²) in [6.07, 6.45) is -12.1. The summed E-state index contributed by atoms with van der Waals surface area (Å²) in [7, 11) is 0. The van der Waals surface area contributed by atoms with Crippen molar-refractivity contribution in [1.29, 1.82) is 0 Å². The summed E-state index contributed by atoms with van der Waals surface area (Å²) in [6, 6.07) is 0. The molecule has 8 aliphatic rings. The number of carboxylic acid groups (broad SMARTS) is 1. The molecule has 0 unspecified atom stereocenters. The van der Waals surface area contributed by atoms with Gasteiger partial charge in [0.05, 0.1) is 37.9 Å². The molecule has 64 heavy (non-hydrogen) atoms. The van der Waals surface area contributed by atoms with Crippen LogP contribution in [0.15, 0.2) is 11.6 Å². The molecule has 0 spiro atoms. The summed E-state index contributed by atoms with van der Waals surface area (Å²) in [4.78, 5) is 12.3. The van der Waals surface area contributed by atoms with Crippen molar-refractivity contribution < 1.29 is 84.3 Å². The van der Waals surface area contributed by atoms with Crippen molar-refractivity contribution >= 4 is 5.97 Å². The first-order chi connectivity index (χ1) is 29.9. The molecule has 17 nitrogen and oxygen atoms in total. The third kappa shape index (κ3) is 7.76. The SMILES string of the molecule is C[C@@H]1O[C@@H](O[C@@H]2[C@@H](O)[C@H](OC[C@@]3(C)[C@H]4CC[C@]5(C)[C@H](CC=C6[C@H]7CC(C)(C)[C@H](C(=O)O)C[C@@H]7CC[C@]65C)[C@]4(C)CC[C@H]3O)O[C@H](CO)[C@H]2O)[C@H](O[C@@H]2OC[C@H](O)[C@H](O)[C@H]2O)[C@H](O)[C@H]1O. The maximum Gasteiger partial charge on any atom is 0.307 e. The van der Waals surface area contributed by atoms with E-state index in [1.165, 1.54) is 12.5 Å². The lowest BCUT2D eigenvalue weighted by atomic mass is 9.34. The first-order valence-corrected chi connectivity index (χ1v) is 23.8. The molecule has 0 bridgehead atoms. The van der Waals surface area contributed by atoms with Crippen molar-refractivity contribution in [1.82, 2.24) is 0 Å². The van der Waals surface area contributed by atoms with Crippen LogP contribution in [0.2, 0.25) is 0 Å². The quantitative estimate of drug-likeness (QED) is 0.146. The third-order valence-corrected chi connectivity index (χ3v) is 19.0. The molecular formula is C47H76O17. The molecule has 8 rings (SSSR count). The van der Waals surface area contributed by atoms with Crippen LogP contribution in [0.5, 0.6) is 0 Å². The zero-order chi connectivity index (χ0) is 46.6. The van der Waals surface area contributed by atoms with Gasteiger partial charge in [0.25, 0.3) is 0 Å². The Kier molecular flexibility index (Phi) is 13.4. The minimum atomic E-state index is -1.75. The van der Waals surface area contributed by atoms with E-state index in [2.05, 4.69) is 40.7 Å². The monoisotopic (exact) mass is 913 g/mol. The van der Waals surface area contributed by atoms with Crippen LogP contribution in [0, 0.1) is 56.7 Å². The largest absolute Gasteiger partial charge is 0.481 e. The number of aliphatic carboxylic acids is 1. The average molecular weight is 913 g/mol. The van der Waals surface area contributed by atoms with Gasteiger partial charge < -0.3 is 79.5 Å². The molecule has 24 atom stereocenters. The van der Waals surface area contributed by atoms with Crippen LogP contribution in [-0.2, 0) is 33.2 Å². The van der Waals surface area contributed by atoms with Crippen molar-refractivity contribution in [3.8, 4) is 0 Å². The number of aliphatic hydroxyl groups excluding tert-OH is 9. The fourth-order valence-electron chi connectivity index (χ4n) is 14.9. The predicted octanol–water partition coefficient (Wildman–Crippen LogP) is 1.20. The van der Waals surface area contributed by atoms with Gasteiger partial charge in [-0.25, -0.2) is 0 Å². The molecule has 0 aromatic heterocycles. The number of allylic oxidation sites excluding steroid dienone is 2. The smallest absolute Gasteiger partial charge is 0.307 e. The maximum atomic E-state index is 12.3. The van der Waals surface area contributed by atoms with Gasteiger partial charge in [-0.15, -0.1) is 0 Å². The zero-order valence-electron chi connectivity index (χ0n) is 38.4. The molecule has 7 fully saturated rings. The number of carboxylic acids is 1. The summed E-state index contributed by atoms with van der Waals surface area (Å²) in [5.74, 6) is 0.0199. The highest BCUT2D eigenvalue weighted by Gasteiger charge is 2.68. The fourth-order valence-corrected chi connectivity index (χ4v) is 14.9. The van der Waals surface area contributed by atoms with E-state index in [-0.39, 0.29) is 40.1 Å². The standard InChI is InChI=1S/C47H76O17/c1-21-31(51)34(54)38(64-40-35(55)32(52)26(49)19-59-40)42(61-21)63-37-33(53)27(18-48)62-41(36(37)56)60-20-45(5)28-11-15-47(7)29(44(28,4)13-12-30(45)50)9-8-24-23-17-43(2,3)25(39(57)58)16-22(23)10-14-46(24,47)6/h8,21-23,25-38,40-42,48-56H,9-20H2,1-7H3,(H,57,58)/t21-,22-,23-,25-,26-,27+,28-,29+,30+,31-,32-,33+,34+,35+,36+,37-,38+,40-,41+,42-,44+,45-,46+,47+/m0/s1. The topological polar surface area (TPSA) is 275 Å². The average Bonchev–Trinajstić information content (AvgIpc) is 3.23. The Bertz CT molecular complexity index is 1730. The highest BCUT2D eigenvalue weighted by molar-refractivity contribution is 5.71. The maximum absolute atomic E-state index is 12.3. The second-order valence-electron chi connectivity index (χ2n) is 22.7. The molecule has 4 saturated carbocycles. The van der Waals surface area contributed by atoms with E-state index in [0.717, 1.165) is 51.4 Å². The Hall–Kier alpha value is -1.39. The lowest BCUT2D eigenvalue weighted by molar-refractivity contribution is -0.382. The number of carbonyl (C=O) groups is 1. The van der Waals surface area contributed by atoms with Crippen molar-refractivity contribution in [3.63, 3.8) is 0 Å². The lowest BCUT2D eigenvalue weighted by Gasteiger charge is -2.70. The van der Waals surface area contributed by atoms with Crippen LogP contribution in [0.1, 0.15) is 106 Å². The first-order valence-electron chi connectivity index (χ1n) is 23.8. The van der Waals surface area contributed by atoms with Gasteiger partial charge in [-0.05, 0) is 110 Å². The lowest BCUT2D eigenvalue weighted by Crippen LogP contribution is -2.66. The number of hydrogen-bond donors (Lipinski definition) is 10. The fraction of sp³-hybridized carbons (Fsp3) is 0.936. The normalized spacial score (nSPS) is 55.0. The Balaban J connectivity index is 1.00. The second kappa shape index (κ2) is 17.5. The number of ether oxygens (including phenoxy) is 6. The van der Waals surface area contributed by atoms with Gasteiger partial charge in [0.1, 0.15) is 61.0 Å². The molecule has 0 aromatic carbocycles. The van der Waals surface area contributed by atoms with Crippen molar-refractivity contribution in [2.75, 3.05) is 19.8 Å². The van der Waals surface area contributed by atoms with E-state index in [1.807, 2.05) is 6.92 Å². The highest BCUT2D eigenvalue weighted by atomic mass is 16.8. The van der Waals surface area contributed by atoms with Gasteiger partial charge >= 0.3 is 5.97 Å². The third-order valence-electron chi connectivity index (χ3n) is 19.0. The summed E-state index contributed by atoms with van der Waals surface area (Å²) in [5, 5.41) is 108. The highest BCUT2D eigenvalue weighted by Crippen LogP contribution is 2.74. The first kappa shape index (κ1) is 49.0. The van der Waals surface area contributed by atoms with Crippen molar-refractivity contribution in [2.24, 2.45) is 56.7 Å². The van der Waals surface area contributed by atoms with Gasteiger partial charge in [-0.3, -0.25) is 4.79 Å². The van der Waals surface area contributed by atoms with Crippen LogP contribution in [0.4, 0.5) is 0 Å². The minimum Gasteiger partial charge on any atom is -0.481 e. The molecule has 3 saturated heterocycles. The molecule has 0 radical (unpaired) electrons. The van der Waals surface area contributed by atoms with E-state index in [0.29, 0.717) is 24.2 Å². The van der Waals surface area contributed by atoms with Crippen molar-refractivity contribution in [3.05, 3.63) is 11.6 Å². The zero-order valence-corrected chi connectivity index (χ0v) is 38.4. The van der Waals surface area contributed by atoms with E-state index in [9.17, 15) is 55.9 Å². The number of fused-ring (bicyclic) bond motifs is 7. The number of hydrogen-bond acceptors (Lipinski definition) is 16. The van der Waals surface area contributed by atoms with Gasteiger partial charge in [-0.2, -0.15) is 0 Å². The van der Waals surface area contributed by atoms with Crippen LogP contribution < -0.4 is 0 Å². The van der Waals surface area contributed by atoms with Gasteiger partial charge in [0.2, 0.25) is 0 Å². The van der Waals surface area contributed by atoms with Crippen LogP contribution in [-0.4, -0.2) is 169 Å². The Labute approximate surface area is 376 Å². The summed E-state index contributed by atoms with van der Waals surface area (Å²) in [5.41, 5.74) is 0.158. The van der Waals surface area contributed by atoms with Crippen LogP contribution >= 0.6 is 0 Å². The molecule has 17 heteroatoms. The predicted molar refractivity (Wildman–Crippen MR) is 225 cm³/mol. The van der Waals surface area contributed by atoms with Gasteiger partial charge in [0, 0.05) is 5.41 Å². The summed E-state index contributed by atoms with van der Waals surface area (Å²) in [6.45, 7) is 13.9. The van der Waals surface area contributed by atoms with Crippen molar-refractivity contribution in [2.45, 2.75) is 198 Å². The Morgan fingerprint density at radius 2 is 1.47 bits per heavy atom.